The van der Waals surface area contributed by atoms with Gasteiger partial charge in [-0.25, -0.2) is 8.78 Å². The Morgan fingerprint density at radius 2 is 1.97 bits per heavy atom. The van der Waals surface area contributed by atoms with Gasteiger partial charge in [0.25, 0.3) is 11.8 Å². The monoisotopic (exact) mass is 459 g/mol. The van der Waals surface area contributed by atoms with E-state index in [1.54, 1.807) is 18.2 Å². The van der Waals surface area contributed by atoms with Gasteiger partial charge in [-0.15, -0.1) is 11.8 Å². The van der Waals surface area contributed by atoms with Crippen molar-refractivity contribution >= 4 is 29.6 Å². The fourth-order valence-corrected chi connectivity index (χ4v) is 4.56. The second-order valence-corrected chi connectivity index (χ2v) is 9.72. The van der Waals surface area contributed by atoms with E-state index < -0.39 is 23.9 Å². The van der Waals surface area contributed by atoms with Crippen molar-refractivity contribution in [3.8, 4) is 0 Å². The zero-order valence-corrected chi connectivity index (χ0v) is 18.7. The van der Waals surface area contributed by atoms with Crippen LogP contribution in [0.1, 0.15) is 46.7 Å². The molecule has 2 saturated carbocycles. The van der Waals surface area contributed by atoms with Gasteiger partial charge in [-0.3, -0.25) is 4.79 Å². The molecule has 2 aromatic carbocycles. The molecule has 0 aromatic heterocycles. The Labute approximate surface area is 190 Å². The lowest BCUT2D eigenvalue weighted by atomic mass is 10.1. The van der Waals surface area contributed by atoms with Crippen molar-refractivity contribution in [3.05, 3.63) is 59.2 Å². The van der Waals surface area contributed by atoms with Gasteiger partial charge in [0.15, 0.2) is 0 Å². The van der Waals surface area contributed by atoms with Crippen LogP contribution in [0.25, 0.3) is 0 Å². The molecule has 0 heterocycles. The third kappa shape index (κ3) is 5.48. The van der Waals surface area contributed by atoms with Crippen LogP contribution in [0.15, 0.2) is 47.4 Å². The van der Waals surface area contributed by atoms with Crippen molar-refractivity contribution in [1.82, 2.24) is 5.32 Å². The molecule has 2 aliphatic rings. The van der Waals surface area contributed by atoms with Crippen LogP contribution in [0.4, 0.5) is 14.5 Å². The number of hydrogen-bond donors (Lipinski definition) is 2. The Morgan fingerprint density at radius 1 is 1.28 bits per heavy atom. The standard InChI is InChI=1S/C24H27F2N3O2S/c1-29(12-15-2-4-16(5-3-15)17-6-7-17)20-10-18(23(31)28-22-11-24(22,25)26)8-9-21(20)32-14-19(27)13-30/h2-5,8-10,13,17,19,22H,6-7,11-12,14,27H2,1H3,(H,28,31)/t19-,22-/m1/s1. The number of halogens is 2. The molecule has 0 spiro atoms. The van der Waals surface area contributed by atoms with Crippen molar-refractivity contribution in [2.24, 2.45) is 5.73 Å². The molecule has 2 aliphatic carbocycles. The molecule has 2 aromatic rings. The first kappa shape index (κ1) is 22.7. The lowest BCUT2D eigenvalue weighted by Gasteiger charge is -2.23. The van der Waals surface area contributed by atoms with Crippen molar-refractivity contribution in [2.45, 2.75) is 54.6 Å². The van der Waals surface area contributed by atoms with E-state index in [0.29, 0.717) is 30.1 Å². The first-order valence-electron chi connectivity index (χ1n) is 10.7. The topological polar surface area (TPSA) is 75.4 Å². The summed E-state index contributed by atoms with van der Waals surface area (Å²) in [7, 11) is 1.92. The zero-order valence-electron chi connectivity index (χ0n) is 17.9. The molecule has 32 heavy (non-hydrogen) atoms. The molecule has 2 fully saturated rings. The molecule has 3 N–H and O–H groups in total. The van der Waals surface area contributed by atoms with Crippen molar-refractivity contribution in [3.63, 3.8) is 0 Å². The van der Waals surface area contributed by atoms with Crippen molar-refractivity contribution < 1.29 is 18.4 Å². The second kappa shape index (κ2) is 9.19. The van der Waals surface area contributed by atoms with Crippen LogP contribution >= 0.6 is 11.8 Å². The summed E-state index contributed by atoms with van der Waals surface area (Å²) in [6.07, 6.45) is 2.89. The van der Waals surface area contributed by atoms with Gasteiger partial charge in [0.2, 0.25) is 0 Å². The maximum absolute atomic E-state index is 13.2. The lowest BCUT2D eigenvalue weighted by Crippen LogP contribution is -2.29. The van der Waals surface area contributed by atoms with Gasteiger partial charge in [-0.05, 0) is 48.1 Å². The first-order chi connectivity index (χ1) is 15.3. The van der Waals surface area contributed by atoms with Crippen molar-refractivity contribution in [2.75, 3.05) is 17.7 Å². The lowest BCUT2D eigenvalue weighted by molar-refractivity contribution is -0.108. The van der Waals surface area contributed by atoms with Gasteiger partial charge in [-0.2, -0.15) is 0 Å². The maximum atomic E-state index is 13.2. The van der Waals surface area contributed by atoms with E-state index in [0.717, 1.165) is 16.1 Å². The van der Waals surface area contributed by atoms with E-state index in [-0.39, 0.29) is 6.42 Å². The molecule has 4 rings (SSSR count). The average molecular weight is 460 g/mol. The molecular weight excluding hydrogens is 432 g/mol. The van der Waals surface area contributed by atoms with E-state index in [4.69, 9.17) is 5.73 Å². The molecule has 0 unspecified atom stereocenters. The molecule has 2 atom stereocenters. The fourth-order valence-electron chi connectivity index (χ4n) is 3.59. The number of rotatable bonds is 10. The summed E-state index contributed by atoms with van der Waals surface area (Å²) in [6.45, 7) is 0.615. The highest BCUT2D eigenvalue weighted by Gasteiger charge is 2.57. The molecule has 0 bridgehead atoms. The smallest absolute Gasteiger partial charge is 0.270 e. The number of nitrogens with zero attached hydrogens (tertiary/aromatic N) is 1. The highest BCUT2D eigenvalue weighted by atomic mass is 32.2. The van der Waals surface area contributed by atoms with Gasteiger partial charge >= 0.3 is 0 Å². The van der Waals surface area contributed by atoms with Gasteiger partial charge in [-0.1, -0.05) is 24.3 Å². The summed E-state index contributed by atoms with van der Waals surface area (Å²) < 4.78 is 26.4. The summed E-state index contributed by atoms with van der Waals surface area (Å²) in [5.74, 6) is -2.24. The van der Waals surface area contributed by atoms with E-state index in [2.05, 4.69) is 29.6 Å². The number of amides is 1. The quantitative estimate of drug-likeness (QED) is 0.416. The summed E-state index contributed by atoms with van der Waals surface area (Å²) in [5, 5.41) is 2.40. The third-order valence-corrected chi connectivity index (χ3v) is 7.03. The Hall–Kier alpha value is -2.45. The third-order valence-electron chi connectivity index (χ3n) is 5.82. The Kier molecular flexibility index (Phi) is 6.53. The number of alkyl halides is 2. The summed E-state index contributed by atoms with van der Waals surface area (Å²) >= 11 is 1.43. The second-order valence-electron chi connectivity index (χ2n) is 8.66. The predicted molar refractivity (Wildman–Crippen MR) is 123 cm³/mol. The molecule has 170 valence electrons. The number of aldehydes is 1. The minimum Gasteiger partial charge on any atom is -0.369 e. The predicted octanol–water partition coefficient (Wildman–Crippen LogP) is 3.96. The van der Waals surface area contributed by atoms with E-state index in [1.165, 1.54) is 30.2 Å². The summed E-state index contributed by atoms with van der Waals surface area (Å²) in [6, 6.07) is 12.0. The number of carbonyl (C=O) groups excluding carboxylic acids is 2. The van der Waals surface area contributed by atoms with Crippen LogP contribution in [-0.4, -0.2) is 43.0 Å². The van der Waals surface area contributed by atoms with Crippen LogP contribution in [0, 0.1) is 0 Å². The van der Waals surface area contributed by atoms with E-state index >= 15 is 0 Å². The Morgan fingerprint density at radius 3 is 2.56 bits per heavy atom. The Balaban J connectivity index is 1.52. The van der Waals surface area contributed by atoms with Gasteiger partial charge in [0.1, 0.15) is 6.29 Å². The number of benzene rings is 2. The Bertz CT molecular complexity index is 995. The zero-order chi connectivity index (χ0) is 22.9. The number of anilines is 1. The fraction of sp³-hybridized carbons (Fsp3) is 0.417. The molecular formula is C24H27F2N3O2S. The molecule has 5 nitrogen and oxygen atoms in total. The van der Waals surface area contributed by atoms with Gasteiger partial charge in [0, 0.05) is 36.2 Å². The number of hydrogen-bond acceptors (Lipinski definition) is 5. The average Bonchev–Trinajstić information content (AvgIpc) is 3.70. The summed E-state index contributed by atoms with van der Waals surface area (Å²) in [5.41, 5.74) is 9.35. The minimum atomic E-state index is -2.82. The van der Waals surface area contributed by atoms with Gasteiger partial charge in [0.05, 0.1) is 17.8 Å². The molecule has 0 radical (unpaired) electrons. The number of nitrogens with one attached hydrogen (secondary N) is 1. The maximum Gasteiger partial charge on any atom is 0.270 e. The number of carbonyl (C=O) groups is 2. The van der Waals surface area contributed by atoms with E-state index in [9.17, 15) is 18.4 Å². The molecule has 0 saturated heterocycles. The molecule has 8 heteroatoms. The van der Waals surface area contributed by atoms with Crippen LogP contribution < -0.4 is 16.0 Å². The van der Waals surface area contributed by atoms with Crippen LogP contribution in [-0.2, 0) is 11.3 Å². The van der Waals surface area contributed by atoms with Crippen LogP contribution in [0.5, 0.6) is 0 Å². The molecule has 1 amide bonds. The largest absolute Gasteiger partial charge is 0.369 e. The van der Waals surface area contributed by atoms with E-state index in [1.807, 2.05) is 11.9 Å². The minimum absolute atomic E-state index is 0.320. The normalized spacial score (nSPS) is 19.8. The van der Waals surface area contributed by atoms with Gasteiger partial charge < -0.3 is 20.7 Å². The molecule has 0 aliphatic heterocycles. The van der Waals surface area contributed by atoms with Crippen LogP contribution in [0.3, 0.4) is 0 Å². The van der Waals surface area contributed by atoms with Crippen LogP contribution in [0.2, 0.25) is 0 Å². The SMILES string of the molecule is CN(Cc1ccc(C2CC2)cc1)c1cc(C(=O)N[C@@H]2CC2(F)F)ccc1SC[C@H](N)C=O. The highest BCUT2D eigenvalue weighted by molar-refractivity contribution is 7.99. The first-order valence-corrected chi connectivity index (χ1v) is 11.7. The summed E-state index contributed by atoms with van der Waals surface area (Å²) in [4.78, 5) is 26.3. The number of thioether (sulfide) groups is 1. The highest BCUT2D eigenvalue weighted by Crippen LogP contribution is 2.42. The number of nitrogens with two attached hydrogens (primary N) is 1. The van der Waals surface area contributed by atoms with Crippen molar-refractivity contribution in [1.29, 1.82) is 0 Å².